The van der Waals surface area contributed by atoms with Gasteiger partial charge in [0.15, 0.2) is 0 Å². The van der Waals surface area contributed by atoms with Gasteiger partial charge in [-0.05, 0) is 25.1 Å². The lowest BCUT2D eigenvalue weighted by atomic mass is 10.1. The molecule has 17 heavy (non-hydrogen) atoms. The van der Waals surface area contributed by atoms with Crippen molar-refractivity contribution in [1.29, 1.82) is 0 Å². The highest BCUT2D eigenvalue weighted by molar-refractivity contribution is 9.10. The van der Waals surface area contributed by atoms with Crippen molar-refractivity contribution in [3.8, 4) is 10.4 Å². The van der Waals surface area contributed by atoms with Crippen molar-refractivity contribution < 1.29 is 9.90 Å². The van der Waals surface area contributed by atoms with Crippen LogP contribution in [0.3, 0.4) is 0 Å². The first-order valence-corrected chi connectivity index (χ1v) is 6.78. The van der Waals surface area contributed by atoms with Gasteiger partial charge in [0, 0.05) is 19.8 Å². The topological polar surface area (TPSA) is 37.3 Å². The number of rotatable bonds is 3. The molecule has 1 unspecified atom stereocenters. The smallest absolute Gasteiger partial charge is 0.311 e. The molecule has 0 fully saturated rings. The maximum absolute atomic E-state index is 10.9. The number of benzene rings is 1. The first-order valence-electron chi connectivity index (χ1n) is 5.17. The van der Waals surface area contributed by atoms with Crippen molar-refractivity contribution in [1.82, 2.24) is 0 Å². The Balaban J connectivity index is 2.37. The highest BCUT2D eigenvalue weighted by Crippen LogP contribution is 2.35. The van der Waals surface area contributed by atoms with E-state index in [0.29, 0.717) is 0 Å². The molecular weight excluding hydrogens is 300 g/mol. The van der Waals surface area contributed by atoms with E-state index in [1.165, 1.54) is 11.3 Å². The number of carboxylic acid groups (broad SMARTS) is 1. The van der Waals surface area contributed by atoms with Gasteiger partial charge in [0.1, 0.15) is 0 Å². The highest BCUT2D eigenvalue weighted by atomic mass is 79.9. The molecule has 0 saturated carbocycles. The van der Waals surface area contributed by atoms with Crippen LogP contribution in [0.5, 0.6) is 0 Å². The monoisotopic (exact) mass is 310 g/mol. The van der Waals surface area contributed by atoms with Gasteiger partial charge in [-0.25, -0.2) is 0 Å². The van der Waals surface area contributed by atoms with Crippen LogP contribution in [0.25, 0.3) is 10.4 Å². The second-order valence-electron chi connectivity index (χ2n) is 3.74. The molecule has 1 aromatic carbocycles. The van der Waals surface area contributed by atoms with Gasteiger partial charge in [-0.2, -0.15) is 0 Å². The Bertz CT molecular complexity index is 548. The summed E-state index contributed by atoms with van der Waals surface area (Å²) in [4.78, 5) is 12.9. The summed E-state index contributed by atoms with van der Waals surface area (Å²) in [7, 11) is 0. The number of halogens is 1. The van der Waals surface area contributed by atoms with E-state index in [1.54, 1.807) is 6.92 Å². The number of carboxylic acids is 1. The molecule has 0 aliphatic heterocycles. The zero-order chi connectivity index (χ0) is 12.4. The summed E-state index contributed by atoms with van der Waals surface area (Å²) in [5, 5.41) is 8.97. The molecule has 2 aromatic rings. The fourth-order valence-electron chi connectivity index (χ4n) is 1.51. The molecule has 0 spiro atoms. The molecule has 1 N–H and O–H groups in total. The van der Waals surface area contributed by atoms with Crippen LogP contribution in [-0.2, 0) is 4.79 Å². The molecule has 2 nitrogen and oxygen atoms in total. The van der Waals surface area contributed by atoms with Crippen LogP contribution in [0, 0.1) is 0 Å². The van der Waals surface area contributed by atoms with Gasteiger partial charge >= 0.3 is 5.97 Å². The summed E-state index contributed by atoms with van der Waals surface area (Å²) in [5.74, 6) is -1.23. The van der Waals surface area contributed by atoms with Crippen molar-refractivity contribution in [2.45, 2.75) is 12.8 Å². The normalized spacial score (nSPS) is 12.4. The largest absolute Gasteiger partial charge is 0.481 e. The van der Waals surface area contributed by atoms with E-state index < -0.39 is 11.9 Å². The van der Waals surface area contributed by atoms with E-state index in [0.717, 1.165) is 19.8 Å². The fraction of sp³-hybridized carbons (Fsp3) is 0.154. The van der Waals surface area contributed by atoms with Crippen LogP contribution in [-0.4, -0.2) is 11.1 Å². The third-order valence-corrected chi connectivity index (χ3v) is 4.56. The van der Waals surface area contributed by atoms with Crippen molar-refractivity contribution in [3.63, 3.8) is 0 Å². The van der Waals surface area contributed by atoms with Crippen LogP contribution in [0.1, 0.15) is 17.7 Å². The van der Waals surface area contributed by atoms with Crippen LogP contribution >= 0.6 is 27.3 Å². The minimum absolute atomic E-state index is 0.448. The summed E-state index contributed by atoms with van der Waals surface area (Å²) in [6.07, 6.45) is 0. The van der Waals surface area contributed by atoms with E-state index >= 15 is 0 Å². The van der Waals surface area contributed by atoms with Gasteiger partial charge in [-0.1, -0.05) is 34.1 Å². The molecular formula is C13H11BrO2S. The molecule has 1 atom stereocenters. The van der Waals surface area contributed by atoms with Crippen LogP contribution in [0.15, 0.2) is 40.9 Å². The second-order valence-corrected chi connectivity index (χ2v) is 5.71. The summed E-state index contributed by atoms with van der Waals surface area (Å²) in [6, 6.07) is 11.8. The Kier molecular flexibility index (Phi) is 3.64. The number of aliphatic carboxylic acids is 1. The maximum Gasteiger partial charge on any atom is 0.311 e. The van der Waals surface area contributed by atoms with Gasteiger partial charge < -0.3 is 5.11 Å². The molecule has 0 aliphatic carbocycles. The molecule has 0 aliphatic rings. The Labute approximate surface area is 112 Å². The summed E-state index contributed by atoms with van der Waals surface area (Å²) in [6.45, 7) is 1.71. The standard InChI is InChI=1S/C13H11BrO2S/c1-8(13(15)16)11-6-7-12(17-11)9-4-2-3-5-10(9)14/h2-8H,1H3,(H,15,16). The average molecular weight is 311 g/mol. The summed E-state index contributed by atoms with van der Waals surface area (Å²) < 4.78 is 1.02. The quantitative estimate of drug-likeness (QED) is 0.914. The molecule has 0 bridgehead atoms. The van der Waals surface area contributed by atoms with Gasteiger partial charge in [0.2, 0.25) is 0 Å². The maximum atomic E-state index is 10.9. The average Bonchev–Trinajstić information content (AvgIpc) is 2.77. The van der Waals surface area contributed by atoms with E-state index in [1.807, 2.05) is 36.4 Å². The zero-order valence-electron chi connectivity index (χ0n) is 9.18. The Morgan fingerprint density at radius 1 is 1.29 bits per heavy atom. The first-order chi connectivity index (χ1) is 8.09. The third kappa shape index (κ3) is 2.58. The van der Waals surface area contributed by atoms with E-state index in [9.17, 15) is 4.79 Å². The number of hydrogen-bond donors (Lipinski definition) is 1. The Morgan fingerprint density at radius 2 is 2.00 bits per heavy atom. The molecule has 0 radical (unpaired) electrons. The number of thiophene rings is 1. The molecule has 4 heteroatoms. The van der Waals surface area contributed by atoms with Gasteiger partial charge in [-0.15, -0.1) is 11.3 Å². The molecule has 0 saturated heterocycles. The predicted molar refractivity (Wildman–Crippen MR) is 73.5 cm³/mol. The van der Waals surface area contributed by atoms with Crippen molar-refractivity contribution in [2.24, 2.45) is 0 Å². The third-order valence-electron chi connectivity index (χ3n) is 2.56. The van der Waals surface area contributed by atoms with Gasteiger partial charge in [0.05, 0.1) is 5.92 Å². The van der Waals surface area contributed by atoms with Gasteiger partial charge in [-0.3, -0.25) is 4.79 Å². The number of carbonyl (C=O) groups is 1. The summed E-state index contributed by atoms with van der Waals surface area (Å²) in [5.41, 5.74) is 1.10. The minimum atomic E-state index is -0.787. The minimum Gasteiger partial charge on any atom is -0.481 e. The van der Waals surface area contributed by atoms with E-state index in [4.69, 9.17) is 5.11 Å². The fourth-order valence-corrected chi connectivity index (χ4v) is 3.23. The van der Waals surface area contributed by atoms with Crippen molar-refractivity contribution in [2.75, 3.05) is 0 Å². The van der Waals surface area contributed by atoms with Crippen molar-refractivity contribution >= 4 is 33.2 Å². The Hall–Kier alpha value is -1.13. The van der Waals surface area contributed by atoms with Crippen LogP contribution in [0.2, 0.25) is 0 Å². The van der Waals surface area contributed by atoms with Crippen molar-refractivity contribution in [3.05, 3.63) is 45.7 Å². The van der Waals surface area contributed by atoms with E-state index in [-0.39, 0.29) is 0 Å². The second kappa shape index (κ2) is 5.02. The zero-order valence-corrected chi connectivity index (χ0v) is 11.6. The van der Waals surface area contributed by atoms with E-state index in [2.05, 4.69) is 15.9 Å². The molecule has 1 aromatic heterocycles. The molecule has 0 amide bonds. The van der Waals surface area contributed by atoms with Crippen LogP contribution in [0.4, 0.5) is 0 Å². The SMILES string of the molecule is CC(C(=O)O)c1ccc(-c2ccccc2Br)s1. The van der Waals surface area contributed by atoms with Gasteiger partial charge in [0.25, 0.3) is 0 Å². The molecule has 2 rings (SSSR count). The predicted octanol–water partition coefficient (Wildman–Crippen LogP) is 4.37. The Morgan fingerprint density at radius 3 is 2.65 bits per heavy atom. The number of hydrogen-bond acceptors (Lipinski definition) is 2. The lowest BCUT2D eigenvalue weighted by Gasteiger charge is -2.02. The van der Waals surface area contributed by atoms with Crippen LogP contribution < -0.4 is 0 Å². The molecule has 88 valence electrons. The highest BCUT2D eigenvalue weighted by Gasteiger charge is 2.16. The first kappa shape index (κ1) is 12.3. The lowest BCUT2D eigenvalue weighted by Crippen LogP contribution is -2.04. The summed E-state index contributed by atoms with van der Waals surface area (Å²) >= 11 is 5.02. The molecule has 1 heterocycles. The lowest BCUT2D eigenvalue weighted by molar-refractivity contribution is -0.138.